The highest BCUT2D eigenvalue weighted by atomic mass is 32.2. The van der Waals surface area contributed by atoms with Gasteiger partial charge in [-0.1, -0.05) is 11.3 Å². The molecule has 72 valence electrons. The van der Waals surface area contributed by atoms with Crippen LogP contribution in [0.5, 0.6) is 0 Å². The number of hydrogen-bond donors (Lipinski definition) is 2. The Kier molecular flexibility index (Phi) is 2.95. The van der Waals surface area contributed by atoms with Crippen LogP contribution in [0.2, 0.25) is 0 Å². The van der Waals surface area contributed by atoms with Gasteiger partial charge in [0.15, 0.2) is 5.13 Å². The smallest absolute Gasteiger partial charge is 0.184 e. The summed E-state index contributed by atoms with van der Waals surface area (Å²) in [5, 5.41) is 5.81. The monoisotopic (exact) mass is 215 g/mol. The Morgan fingerprint density at radius 2 is 2.62 bits per heavy atom. The van der Waals surface area contributed by atoms with Crippen molar-refractivity contribution in [1.29, 1.82) is 0 Å². The molecular formula is C8H13N3S2. The summed E-state index contributed by atoms with van der Waals surface area (Å²) in [6.07, 6.45) is 4.39. The van der Waals surface area contributed by atoms with Crippen molar-refractivity contribution in [2.75, 3.05) is 23.3 Å². The molecular weight excluding hydrogens is 202 g/mol. The molecule has 1 aliphatic rings. The van der Waals surface area contributed by atoms with Crippen LogP contribution < -0.4 is 11.1 Å². The lowest BCUT2D eigenvalue weighted by atomic mass is 10.2. The molecule has 0 amide bonds. The first kappa shape index (κ1) is 9.15. The van der Waals surface area contributed by atoms with Crippen molar-refractivity contribution in [3.8, 4) is 0 Å². The first-order valence-corrected chi connectivity index (χ1v) is 6.28. The van der Waals surface area contributed by atoms with Crippen LogP contribution in [0.25, 0.3) is 0 Å². The normalized spacial score (nSPS) is 22.0. The van der Waals surface area contributed by atoms with Crippen LogP contribution in [0, 0.1) is 0 Å². The Morgan fingerprint density at radius 3 is 3.23 bits per heavy atom. The van der Waals surface area contributed by atoms with E-state index in [9.17, 15) is 0 Å². The second kappa shape index (κ2) is 4.19. The molecule has 1 atom stereocenters. The summed E-state index contributed by atoms with van der Waals surface area (Å²) >= 11 is 3.57. The molecule has 1 aliphatic heterocycles. The van der Waals surface area contributed by atoms with Gasteiger partial charge in [-0.25, -0.2) is 4.98 Å². The van der Waals surface area contributed by atoms with Crippen LogP contribution in [0.3, 0.4) is 0 Å². The third kappa shape index (κ3) is 2.51. The van der Waals surface area contributed by atoms with Crippen molar-refractivity contribution >= 4 is 33.2 Å². The minimum Gasteiger partial charge on any atom is -0.389 e. The van der Waals surface area contributed by atoms with Gasteiger partial charge in [-0.05, 0) is 18.6 Å². The Labute approximate surface area is 86.1 Å². The van der Waals surface area contributed by atoms with Crippen molar-refractivity contribution < 1.29 is 0 Å². The highest BCUT2D eigenvalue weighted by molar-refractivity contribution is 8.00. The Morgan fingerprint density at radius 1 is 1.69 bits per heavy atom. The van der Waals surface area contributed by atoms with Gasteiger partial charge < -0.3 is 11.1 Å². The van der Waals surface area contributed by atoms with Gasteiger partial charge in [0.1, 0.15) is 5.00 Å². The summed E-state index contributed by atoms with van der Waals surface area (Å²) in [5.74, 6) is 1.31. The lowest BCUT2D eigenvalue weighted by Gasteiger charge is -2.07. The first-order chi connectivity index (χ1) is 6.34. The standard InChI is InChI=1S/C8H13N3S2/c9-7-5-11-8(13-7)10-4-6-2-1-3-12-6/h5-6H,1-4,9H2,(H,10,11). The average Bonchev–Trinajstić information content (AvgIpc) is 2.71. The molecule has 13 heavy (non-hydrogen) atoms. The van der Waals surface area contributed by atoms with Crippen molar-refractivity contribution in [3.05, 3.63) is 6.20 Å². The molecule has 2 rings (SSSR count). The Bertz CT molecular complexity index is 268. The van der Waals surface area contributed by atoms with Gasteiger partial charge in [-0.15, -0.1) is 0 Å². The number of anilines is 2. The summed E-state index contributed by atoms with van der Waals surface area (Å²) in [6.45, 7) is 1.03. The lowest BCUT2D eigenvalue weighted by molar-refractivity contribution is 0.805. The molecule has 1 fully saturated rings. The molecule has 1 aromatic heterocycles. The van der Waals surface area contributed by atoms with E-state index in [1.807, 2.05) is 0 Å². The van der Waals surface area contributed by atoms with E-state index in [1.165, 1.54) is 29.9 Å². The van der Waals surface area contributed by atoms with E-state index in [0.29, 0.717) is 0 Å². The molecule has 0 spiro atoms. The van der Waals surface area contributed by atoms with E-state index >= 15 is 0 Å². The van der Waals surface area contributed by atoms with Crippen LogP contribution in [-0.2, 0) is 0 Å². The number of nitrogens with two attached hydrogens (primary N) is 1. The number of aromatic nitrogens is 1. The maximum Gasteiger partial charge on any atom is 0.184 e. The minimum atomic E-state index is 0.769. The maximum absolute atomic E-state index is 5.57. The summed E-state index contributed by atoms with van der Waals surface area (Å²) in [7, 11) is 0. The summed E-state index contributed by atoms with van der Waals surface area (Å²) in [4.78, 5) is 4.15. The van der Waals surface area contributed by atoms with Crippen LogP contribution in [0.1, 0.15) is 12.8 Å². The minimum absolute atomic E-state index is 0.769. The molecule has 5 heteroatoms. The van der Waals surface area contributed by atoms with Crippen molar-refractivity contribution in [2.24, 2.45) is 0 Å². The number of nitrogens with one attached hydrogen (secondary N) is 1. The average molecular weight is 215 g/mol. The van der Waals surface area contributed by atoms with Crippen molar-refractivity contribution in [2.45, 2.75) is 18.1 Å². The molecule has 3 N–H and O–H groups in total. The molecule has 3 nitrogen and oxygen atoms in total. The molecule has 1 saturated heterocycles. The lowest BCUT2D eigenvalue weighted by Crippen LogP contribution is -2.13. The summed E-state index contributed by atoms with van der Waals surface area (Å²) < 4.78 is 0. The number of nitrogens with zero attached hydrogens (tertiary/aromatic N) is 1. The SMILES string of the molecule is Nc1cnc(NCC2CCCS2)s1. The molecule has 0 bridgehead atoms. The van der Waals surface area contributed by atoms with Crippen LogP contribution in [-0.4, -0.2) is 22.5 Å². The van der Waals surface area contributed by atoms with Crippen LogP contribution >= 0.6 is 23.1 Å². The fourth-order valence-electron chi connectivity index (χ4n) is 1.37. The summed E-state index contributed by atoms with van der Waals surface area (Å²) in [5.41, 5.74) is 5.57. The fourth-order valence-corrected chi connectivity index (χ4v) is 3.17. The zero-order chi connectivity index (χ0) is 9.10. The second-order valence-corrected chi connectivity index (χ2v) is 5.55. The van der Waals surface area contributed by atoms with Gasteiger partial charge in [0.05, 0.1) is 6.20 Å². The number of hydrogen-bond acceptors (Lipinski definition) is 5. The Hall–Kier alpha value is -0.420. The van der Waals surface area contributed by atoms with E-state index in [0.717, 1.165) is 21.9 Å². The molecule has 2 heterocycles. The number of thioether (sulfide) groups is 1. The molecule has 0 aliphatic carbocycles. The van der Waals surface area contributed by atoms with E-state index < -0.39 is 0 Å². The van der Waals surface area contributed by atoms with Gasteiger partial charge in [0.2, 0.25) is 0 Å². The largest absolute Gasteiger partial charge is 0.389 e. The zero-order valence-corrected chi connectivity index (χ0v) is 8.96. The highest BCUT2D eigenvalue weighted by Crippen LogP contribution is 2.27. The van der Waals surface area contributed by atoms with Crippen LogP contribution in [0.15, 0.2) is 6.20 Å². The van der Waals surface area contributed by atoms with Gasteiger partial charge in [-0.2, -0.15) is 11.8 Å². The van der Waals surface area contributed by atoms with Gasteiger partial charge in [-0.3, -0.25) is 0 Å². The molecule has 1 aromatic rings. The van der Waals surface area contributed by atoms with Crippen molar-refractivity contribution in [3.63, 3.8) is 0 Å². The predicted molar refractivity (Wildman–Crippen MR) is 60.5 cm³/mol. The zero-order valence-electron chi connectivity index (χ0n) is 7.32. The van der Waals surface area contributed by atoms with Gasteiger partial charge in [0, 0.05) is 11.8 Å². The number of rotatable bonds is 3. The highest BCUT2D eigenvalue weighted by Gasteiger charge is 2.15. The topological polar surface area (TPSA) is 50.9 Å². The second-order valence-electron chi connectivity index (χ2n) is 3.08. The molecule has 1 unspecified atom stereocenters. The first-order valence-electron chi connectivity index (χ1n) is 4.41. The van der Waals surface area contributed by atoms with Crippen LogP contribution in [0.4, 0.5) is 10.1 Å². The van der Waals surface area contributed by atoms with E-state index in [2.05, 4.69) is 22.1 Å². The Balaban J connectivity index is 1.78. The summed E-state index contributed by atoms with van der Waals surface area (Å²) in [6, 6.07) is 0. The van der Waals surface area contributed by atoms with E-state index in [-0.39, 0.29) is 0 Å². The van der Waals surface area contributed by atoms with E-state index in [4.69, 9.17) is 5.73 Å². The number of thiazole rings is 1. The quantitative estimate of drug-likeness (QED) is 0.810. The third-order valence-electron chi connectivity index (χ3n) is 2.03. The molecule has 0 radical (unpaired) electrons. The van der Waals surface area contributed by atoms with E-state index in [1.54, 1.807) is 6.20 Å². The molecule has 0 aromatic carbocycles. The van der Waals surface area contributed by atoms with Gasteiger partial charge >= 0.3 is 0 Å². The fraction of sp³-hybridized carbons (Fsp3) is 0.625. The number of nitrogen functional groups attached to an aromatic ring is 1. The predicted octanol–water partition coefficient (Wildman–Crippen LogP) is 2.03. The third-order valence-corrected chi connectivity index (χ3v) is 4.21. The van der Waals surface area contributed by atoms with Crippen molar-refractivity contribution in [1.82, 2.24) is 4.98 Å². The maximum atomic E-state index is 5.57. The van der Waals surface area contributed by atoms with Gasteiger partial charge in [0.25, 0.3) is 0 Å². The molecule has 0 saturated carbocycles.